The number of aliphatic imine (C=N–C) groups is 1. The molecule has 1 heterocycles. The zero-order valence-corrected chi connectivity index (χ0v) is 19.2. The van der Waals surface area contributed by atoms with E-state index in [1.165, 1.54) is 4.90 Å². The summed E-state index contributed by atoms with van der Waals surface area (Å²) in [6, 6.07) is 3.58. The standard InChI is InChI=1S/C21H35N5O5/c1-25(2)19(27)15-23-21(22-7-6-8-26-9-11-31-12-10-26)24-16-13-17(28-3)20(30-5)18(14-16)29-4/h13-14H,6-12,15H2,1-5H3,(H2,22,23,24). The fourth-order valence-corrected chi connectivity index (χ4v) is 3.05. The number of hydrogen-bond acceptors (Lipinski definition) is 7. The van der Waals surface area contributed by atoms with Gasteiger partial charge in [0, 0.05) is 51.5 Å². The maximum absolute atomic E-state index is 12.0. The van der Waals surface area contributed by atoms with Gasteiger partial charge >= 0.3 is 0 Å². The number of nitrogens with zero attached hydrogens (tertiary/aromatic N) is 3. The Bertz CT molecular complexity index is 710. The van der Waals surface area contributed by atoms with Crippen LogP contribution in [0.5, 0.6) is 17.2 Å². The smallest absolute Gasteiger partial charge is 0.243 e. The van der Waals surface area contributed by atoms with E-state index in [1.54, 1.807) is 47.6 Å². The van der Waals surface area contributed by atoms with E-state index in [1.807, 2.05) is 0 Å². The Balaban J connectivity index is 2.07. The summed E-state index contributed by atoms with van der Waals surface area (Å²) in [5.74, 6) is 1.99. The Hall–Kier alpha value is -2.72. The van der Waals surface area contributed by atoms with Crippen LogP contribution in [0.4, 0.5) is 5.69 Å². The molecule has 0 aromatic heterocycles. The molecule has 31 heavy (non-hydrogen) atoms. The Kier molecular flexibility index (Phi) is 10.2. The SMILES string of the molecule is COc1cc(NC(=NCC(=O)N(C)C)NCCCN2CCOCC2)cc(OC)c1OC. The lowest BCUT2D eigenvalue weighted by Crippen LogP contribution is -2.39. The van der Waals surface area contributed by atoms with Gasteiger partial charge in [-0.15, -0.1) is 0 Å². The molecule has 1 fully saturated rings. The molecule has 10 heteroatoms. The number of morpholine rings is 1. The summed E-state index contributed by atoms with van der Waals surface area (Å²) < 4.78 is 21.6. The fourth-order valence-electron chi connectivity index (χ4n) is 3.05. The quantitative estimate of drug-likeness (QED) is 0.316. The van der Waals surface area contributed by atoms with E-state index in [9.17, 15) is 4.79 Å². The molecule has 2 N–H and O–H groups in total. The molecule has 1 aromatic carbocycles. The zero-order valence-electron chi connectivity index (χ0n) is 19.2. The topological polar surface area (TPSA) is 96.9 Å². The van der Waals surface area contributed by atoms with E-state index in [2.05, 4.69) is 20.5 Å². The lowest BCUT2D eigenvalue weighted by Gasteiger charge is -2.26. The van der Waals surface area contributed by atoms with Crippen LogP contribution in [0.25, 0.3) is 0 Å². The summed E-state index contributed by atoms with van der Waals surface area (Å²) in [6.07, 6.45) is 0.942. The van der Waals surface area contributed by atoms with Crippen LogP contribution in [0.1, 0.15) is 6.42 Å². The second-order valence-electron chi connectivity index (χ2n) is 7.23. The van der Waals surface area contributed by atoms with Crippen LogP contribution in [-0.2, 0) is 9.53 Å². The van der Waals surface area contributed by atoms with Crippen molar-refractivity contribution >= 4 is 17.6 Å². The molecule has 1 aromatic rings. The molecule has 0 bridgehead atoms. The summed E-state index contributed by atoms with van der Waals surface area (Å²) in [5, 5.41) is 6.53. The largest absolute Gasteiger partial charge is 0.493 e. The summed E-state index contributed by atoms with van der Waals surface area (Å²) in [5.41, 5.74) is 0.700. The predicted octanol–water partition coefficient (Wildman–Crippen LogP) is 0.880. The maximum Gasteiger partial charge on any atom is 0.243 e. The van der Waals surface area contributed by atoms with Crippen molar-refractivity contribution in [2.45, 2.75) is 6.42 Å². The number of methoxy groups -OCH3 is 3. The van der Waals surface area contributed by atoms with Gasteiger partial charge in [0.2, 0.25) is 11.7 Å². The first kappa shape index (κ1) is 24.5. The van der Waals surface area contributed by atoms with Gasteiger partial charge in [-0.1, -0.05) is 0 Å². The maximum atomic E-state index is 12.0. The van der Waals surface area contributed by atoms with Crippen LogP contribution in [-0.4, -0.2) is 103 Å². The van der Waals surface area contributed by atoms with Gasteiger partial charge in [0.05, 0.1) is 34.5 Å². The van der Waals surface area contributed by atoms with Crippen molar-refractivity contribution in [3.05, 3.63) is 12.1 Å². The van der Waals surface area contributed by atoms with Crippen molar-refractivity contribution in [2.75, 3.05) is 86.7 Å². The summed E-state index contributed by atoms with van der Waals surface area (Å²) in [7, 11) is 8.11. The van der Waals surface area contributed by atoms with Gasteiger partial charge in [0.25, 0.3) is 0 Å². The molecular weight excluding hydrogens is 402 g/mol. The van der Waals surface area contributed by atoms with Gasteiger partial charge in [0.15, 0.2) is 17.5 Å². The summed E-state index contributed by atoms with van der Waals surface area (Å²) >= 11 is 0. The van der Waals surface area contributed by atoms with Crippen LogP contribution in [0.2, 0.25) is 0 Å². The number of carbonyl (C=O) groups excluding carboxylic acids is 1. The normalized spacial score (nSPS) is 14.7. The van der Waals surface area contributed by atoms with E-state index in [0.717, 1.165) is 39.3 Å². The molecule has 0 unspecified atom stereocenters. The van der Waals surface area contributed by atoms with Crippen LogP contribution in [0.3, 0.4) is 0 Å². The van der Waals surface area contributed by atoms with Crippen molar-refractivity contribution in [3.8, 4) is 17.2 Å². The lowest BCUT2D eigenvalue weighted by atomic mass is 10.2. The van der Waals surface area contributed by atoms with Crippen LogP contribution in [0.15, 0.2) is 17.1 Å². The highest BCUT2D eigenvalue weighted by Crippen LogP contribution is 2.39. The fraction of sp³-hybridized carbons (Fsp3) is 0.619. The number of amides is 1. The van der Waals surface area contributed by atoms with Crippen molar-refractivity contribution in [1.82, 2.24) is 15.1 Å². The Morgan fingerprint density at radius 1 is 1.13 bits per heavy atom. The minimum atomic E-state index is -0.0840. The van der Waals surface area contributed by atoms with Gasteiger partial charge in [-0.25, -0.2) is 4.99 Å². The molecule has 1 amide bonds. The molecule has 0 aliphatic carbocycles. The molecular formula is C21H35N5O5. The highest BCUT2D eigenvalue weighted by atomic mass is 16.5. The average Bonchev–Trinajstić information content (AvgIpc) is 2.79. The van der Waals surface area contributed by atoms with E-state index in [4.69, 9.17) is 18.9 Å². The number of hydrogen-bond donors (Lipinski definition) is 2. The molecule has 1 saturated heterocycles. The molecule has 0 radical (unpaired) electrons. The van der Waals surface area contributed by atoms with Crippen LogP contribution >= 0.6 is 0 Å². The Morgan fingerprint density at radius 3 is 2.32 bits per heavy atom. The summed E-state index contributed by atoms with van der Waals surface area (Å²) in [6.45, 7) is 5.22. The minimum Gasteiger partial charge on any atom is -0.493 e. The third kappa shape index (κ3) is 7.80. The second kappa shape index (κ2) is 12.9. The highest BCUT2D eigenvalue weighted by molar-refractivity contribution is 5.95. The summed E-state index contributed by atoms with van der Waals surface area (Å²) in [4.78, 5) is 20.3. The molecule has 0 spiro atoms. The number of likely N-dealkylation sites (N-methyl/N-ethyl adjacent to an activating group) is 1. The van der Waals surface area contributed by atoms with E-state index in [0.29, 0.717) is 35.4 Å². The third-order valence-corrected chi connectivity index (χ3v) is 4.85. The Morgan fingerprint density at radius 2 is 1.77 bits per heavy atom. The monoisotopic (exact) mass is 437 g/mol. The first-order valence-corrected chi connectivity index (χ1v) is 10.3. The minimum absolute atomic E-state index is 0.0379. The van der Waals surface area contributed by atoms with Gasteiger partial charge in [0.1, 0.15) is 6.54 Å². The number of benzene rings is 1. The lowest BCUT2D eigenvalue weighted by molar-refractivity contribution is -0.127. The Labute approximate surface area is 184 Å². The van der Waals surface area contributed by atoms with Crippen molar-refractivity contribution in [2.24, 2.45) is 4.99 Å². The van der Waals surface area contributed by atoms with Gasteiger partial charge < -0.3 is 34.5 Å². The molecule has 2 rings (SSSR count). The van der Waals surface area contributed by atoms with Gasteiger partial charge in [-0.2, -0.15) is 0 Å². The number of nitrogens with one attached hydrogen (secondary N) is 2. The number of anilines is 1. The number of ether oxygens (including phenoxy) is 4. The van der Waals surface area contributed by atoms with E-state index in [-0.39, 0.29) is 12.5 Å². The first-order chi connectivity index (χ1) is 15.0. The van der Waals surface area contributed by atoms with E-state index >= 15 is 0 Å². The number of carbonyl (C=O) groups is 1. The average molecular weight is 438 g/mol. The van der Waals surface area contributed by atoms with Crippen molar-refractivity contribution in [3.63, 3.8) is 0 Å². The van der Waals surface area contributed by atoms with Gasteiger partial charge in [-0.3, -0.25) is 9.69 Å². The molecule has 1 aliphatic rings. The molecule has 10 nitrogen and oxygen atoms in total. The van der Waals surface area contributed by atoms with Gasteiger partial charge in [-0.05, 0) is 13.0 Å². The number of guanidine groups is 1. The molecule has 1 aliphatic heterocycles. The third-order valence-electron chi connectivity index (χ3n) is 4.85. The predicted molar refractivity (Wildman–Crippen MR) is 121 cm³/mol. The second-order valence-corrected chi connectivity index (χ2v) is 7.23. The zero-order chi connectivity index (χ0) is 22.6. The van der Waals surface area contributed by atoms with E-state index < -0.39 is 0 Å². The van der Waals surface area contributed by atoms with Crippen molar-refractivity contribution < 1.29 is 23.7 Å². The molecule has 0 atom stereocenters. The van der Waals surface area contributed by atoms with Crippen LogP contribution in [0, 0.1) is 0 Å². The first-order valence-electron chi connectivity index (χ1n) is 10.3. The molecule has 0 saturated carbocycles. The van der Waals surface area contributed by atoms with Crippen molar-refractivity contribution in [1.29, 1.82) is 0 Å². The van der Waals surface area contributed by atoms with Crippen LogP contribution < -0.4 is 24.8 Å². The highest BCUT2D eigenvalue weighted by Gasteiger charge is 2.15. The molecule has 174 valence electrons. The number of rotatable bonds is 10.